The average Bonchev–Trinajstić information content (AvgIpc) is 1.91. The van der Waals surface area contributed by atoms with Crippen molar-refractivity contribution in [2.75, 3.05) is 13.7 Å². The van der Waals surface area contributed by atoms with E-state index in [0.717, 1.165) is 0 Å². The quantitative estimate of drug-likeness (QED) is 0.512. The van der Waals surface area contributed by atoms with Crippen LogP contribution in [0, 0.1) is 17.2 Å². The summed E-state index contributed by atoms with van der Waals surface area (Å²) >= 11 is 0. The topological polar surface area (TPSA) is 50.1 Å². The molecule has 0 saturated heterocycles. The smallest absolute Gasteiger partial charge is 0.137 e. The molecule has 0 radical (unpaired) electrons. The fourth-order valence-electron chi connectivity index (χ4n) is 0.408. The molecule has 0 aliphatic heterocycles. The van der Waals surface area contributed by atoms with Crippen molar-refractivity contribution in [2.45, 2.75) is 6.42 Å². The largest absolute Gasteiger partial charge is 0.385 e. The van der Waals surface area contributed by atoms with Crippen LogP contribution in [-0.4, -0.2) is 20.0 Å². The summed E-state index contributed by atoms with van der Waals surface area (Å²) in [7, 11) is 1.54. The van der Waals surface area contributed by atoms with E-state index >= 15 is 0 Å². The summed E-state index contributed by atoms with van der Waals surface area (Å²) in [5, 5.41) is 8.22. The molecule has 9 heavy (non-hydrogen) atoms. The maximum absolute atomic E-state index is 9.96. The molecule has 0 aromatic rings. The summed E-state index contributed by atoms with van der Waals surface area (Å²) in [6, 6.07) is 1.84. The Balaban J connectivity index is 3.34. The summed E-state index contributed by atoms with van der Waals surface area (Å²) in [6.45, 7) is 0.469. The maximum Gasteiger partial charge on any atom is 0.137 e. The molecule has 0 aliphatic rings. The molecule has 0 N–H and O–H groups in total. The second-order valence-electron chi connectivity index (χ2n) is 1.65. The van der Waals surface area contributed by atoms with Crippen molar-refractivity contribution in [1.82, 2.24) is 0 Å². The number of nitrogens with zero attached hydrogens (tertiary/aromatic N) is 1. The summed E-state index contributed by atoms with van der Waals surface area (Å²) < 4.78 is 4.67. The van der Waals surface area contributed by atoms with Crippen molar-refractivity contribution in [3.8, 4) is 6.07 Å². The molecule has 1 unspecified atom stereocenters. The molecule has 0 bridgehead atoms. The van der Waals surface area contributed by atoms with Crippen LogP contribution in [0.4, 0.5) is 0 Å². The van der Waals surface area contributed by atoms with Crippen LogP contribution in [0.2, 0.25) is 0 Å². The van der Waals surface area contributed by atoms with Crippen LogP contribution in [0.3, 0.4) is 0 Å². The number of ether oxygens (including phenoxy) is 1. The zero-order chi connectivity index (χ0) is 7.11. The number of hydrogen-bond donors (Lipinski definition) is 0. The minimum atomic E-state index is -0.495. The Kier molecular flexibility index (Phi) is 4.75. The van der Waals surface area contributed by atoms with E-state index in [1.54, 1.807) is 7.11 Å². The summed E-state index contributed by atoms with van der Waals surface area (Å²) in [4.78, 5) is 9.96. The highest BCUT2D eigenvalue weighted by Crippen LogP contribution is 1.95. The minimum Gasteiger partial charge on any atom is -0.385 e. The van der Waals surface area contributed by atoms with E-state index < -0.39 is 5.92 Å². The molecular weight excluding hydrogens is 118 g/mol. The van der Waals surface area contributed by atoms with Crippen LogP contribution >= 0.6 is 0 Å². The summed E-state index contributed by atoms with van der Waals surface area (Å²) in [5.41, 5.74) is 0. The molecule has 0 aliphatic carbocycles. The zero-order valence-electron chi connectivity index (χ0n) is 5.33. The molecule has 50 valence electrons. The third-order valence-electron chi connectivity index (χ3n) is 0.963. The van der Waals surface area contributed by atoms with Gasteiger partial charge in [-0.05, 0) is 6.42 Å². The fraction of sp³-hybridized carbons (Fsp3) is 0.667. The lowest BCUT2D eigenvalue weighted by Gasteiger charge is -1.96. The molecule has 3 nitrogen and oxygen atoms in total. The highest BCUT2D eigenvalue weighted by atomic mass is 16.5. The van der Waals surface area contributed by atoms with Crippen molar-refractivity contribution in [3.05, 3.63) is 0 Å². The Morgan fingerprint density at radius 3 is 2.89 bits per heavy atom. The molecule has 3 heteroatoms. The van der Waals surface area contributed by atoms with Crippen LogP contribution in [0.15, 0.2) is 0 Å². The molecule has 0 rings (SSSR count). The van der Waals surface area contributed by atoms with Gasteiger partial charge in [-0.15, -0.1) is 0 Å². The maximum atomic E-state index is 9.96. The van der Waals surface area contributed by atoms with Gasteiger partial charge in [0.2, 0.25) is 0 Å². The Morgan fingerprint density at radius 2 is 2.56 bits per heavy atom. The van der Waals surface area contributed by atoms with E-state index in [1.165, 1.54) is 0 Å². The number of aldehydes is 1. The number of methoxy groups -OCH3 is 1. The Hall–Kier alpha value is -0.880. The van der Waals surface area contributed by atoms with Gasteiger partial charge in [0.1, 0.15) is 12.2 Å². The molecule has 0 saturated carbocycles. The molecule has 0 spiro atoms. The third-order valence-corrected chi connectivity index (χ3v) is 0.963. The molecule has 0 aromatic carbocycles. The average molecular weight is 127 g/mol. The Morgan fingerprint density at radius 1 is 1.89 bits per heavy atom. The number of carbonyl (C=O) groups excluding carboxylic acids is 1. The van der Waals surface area contributed by atoms with Gasteiger partial charge in [-0.25, -0.2) is 0 Å². The SMILES string of the molecule is COCCC(C#N)C=O. The van der Waals surface area contributed by atoms with Crippen LogP contribution in [0.1, 0.15) is 6.42 Å². The first kappa shape index (κ1) is 8.12. The van der Waals surface area contributed by atoms with E-state index in [0.29, 0.717) is 19.3 Å². The van der Waals surface area contributed by atoms with E-state index in [2.05, 4.69) is 4.74 Å². The predicted octanol–water partition coefficient (Wildman–Crippen LogP) is 0.362. The van der Waals surface area contributed by atoms with Gasteiger partial charge >= 0.3 is 0 Å². The van der Waals surface area contributed by atoms with Gasteiger partial charge in [-0.3, -0.25) is 0 Å². The van der Waals surface area contributed by atoms with Gasteiger partial charge in [-0.2, -0.15) is 5.26 Å². The van der Waals surface area contributed by atoms with E-state index in [4.69, 9.17) is 5.26 Å². The summed E-state index contributed by atoms with van der Waals surface area (Å²) in [6.07, 6.45) is 1.13. The van der Waals surface area contributed by atoms with Gasteiger partial charge in [0.05, 0.1) is 6.07 Å². The third kappa shape index (κ3) is 3.68. The van der Waals surface area contributed by atoms with Crippen molar-refractivity contribution in [2.24, 2.45) is 5.92 Å². The predicted molar refractivity (Wildman–Crippen MR) is 31.7 cm³/mol. The monoisotopic (exact) mass is 127 g/mol. The highest BCUT2D eigenvalue weighted by molar-refractivity contribution is 5.57. The van der Waals surface area contributed by atoms with E-state index in [9.17, 15) is 4.79 Å². The molecular formula is C6H9NO2. The van der Waals surface area contributed by atoms with Crippen LogP contribution in [0.5, 0.6) is 0 Å². The second kappa shape index (κ2) is 5.26. The second-order valence-corrected chi connectivity index (χ2v) is 1.65. The lowest BCUT2D eigenvalue weighted by molar-refractivity contribution is -0.110. The number of rotatable bonds is 4. The van der Waals surface area contributed by atoms with E-state index in [-0.39, 0.29) is 0 Å². The first-order chi connectivity index (χ1) is 4.35. The standard InChI is InChI=1S/C6H9NO2/c1-9-3-2-6(4-7)5-8/h5-6H,2-3H2,1H3. The normalized spacial score (nSPS) is 12.0. The van der Waals surface area contributed by atoms with Crippen molar-refractivity contribution in [1.29, 1.82) is 5.26 Å². The van der Waals surface area contributed by atoms with Gasteiger partial charge < -0.3 is 9.53 Å². The first-order valence-corrected chi connectivity index (χ1v) is 2.69. The van der Waals surface area contributed by atoms with Crippen molar-refractivity contribution in [3.63, 3.8) is 0 Å². The fourth-order valence-corrected chi connectivity index (χ4v) is 0.408. The summed E-state index contributed by atoms with van der Waals surface area (Å²) in [5.74, 6) is -0.495. The first-order valence-electron chi connectivity index (χ1n) is 2.69. The van der Waals surface area contributed by atoms with Gasteiger partial charge in [0.15, 0.2) is 0 Å². The lowest BCUT2D eigenvalue weighted by atomic mass is 10.1. The molecule has 0 heterocycles. The number of hydrogen-bond acceptors (Lipinski definition) is 3. The van der Waals surface area contributed by atoms with Crippen LogP contribution in [-0.2, 0) is 9.53 Å². The number of carbonyl (C=O) groups is 1. The molecule has 0 aromatic heterocycles. The van der Waals surface area contributed by atoms with Crippen molar-refractivity contribution >= 4 is 6.29 Å². The van der Waals surface area contributed by atoms with Crippen LogP contribution in [0.25, 0.3) is 0 Å². The van der Waals surface area contributed by atoms with Gasteiger partial charge in [-0.1, -0.05) is 0 Å². The minimum absolute atomic E-state index is 0.469. The van der Waals surface area contributed by atoms with Gasteiger partial charge in [0, 0.05) is 13.7 Å². The molecule has 0 fully saturated rings. The van der Waals surface area contributed by atoms with Crippen LogP contribution < -0.4 is 0 Å². The lowest BCUT2D eigenvalue weighted by Crippen LogP contribution is -2.02. The number of nitriles is 1. The van der Waals surface area contributed by atoms with Gasteiger partial charge in [0.25, 0.3) is 0 Å². The Labute approximate surface area is 54.2 Å². The Bertz CT molecular complexity index is 117. The molecule has 1 atom stereocenters. The van der Waals surface area contributed by atoms with Crippen molar-refractivity contribution < 1.29 is 9.53 Å². The molecule has 0 amide bonds. The zero-order valence-corrected chi connectivity index (χ0v) is 5.33. The highest BCUT2D eigenvalue weighted by Gasteiger charge is 2.02. The van der Waals surface area contributed by atoms with E-state index in [1.807, 2.05) is 6.07 Å².